The summed E-state index contributed by atoms with van der Waals surface area (Å²) in [5, 5.41) is 1.93. The van der Waals surface area contributed by atoms with Crippen LogP contribution in [0.15, 0.2) is 46.9 Å². The van der Waals surface area contributed by atoms with Crippen molar-refractivity contribution >= 4 is 27.8 Å². The van der Waals surface area contributed by atoms with Crippen LogP contribution >= 0.6 is 0 Å². The van der Waals surface area contributed by atoms with Crippen molar-refractivity contribution in [2.24, 2.45) is 0 Å². The summed E-state index contributed by atoms with van der Waals surface area (Å²) in [6, 6.07) is 13.9. The number of carbonyl (C=O) groups excluding carboxylic acids is 1. The number of hydrogen-bond donors (Lipinski definition) is 0. The number of aromatic nitrogens is 1. The summed E-state index contributed by atoms with van der Waals surface area (Å²) in [4.78, 5) is 17.6. The van der Waals surface area contributed by atoms with Crippen LogP contribution in [0.25, 0.3) is 33.3 Å². The number of esters is 1. The van der Waals surface area contributed by atoms with Gasteiger partial charge in [0, 0.05) is 16.3 Å². The molecule has 4 rings (SSSR count). The van der Waals surface area contributed by atoms with E-state index >= 15 is 0 Å². The lowest BCUT2D eigenvalue weighted by Gasteiger charge is -2.13. The van der Waals surface area contributed by atoms with Crippen molar-refractivity contribution in [3.63, 3.8) is 0 Å². The number of rotatable bonds is 4. The maximum absolute atomic E-state index is 12.7. The Morgan fingerprint density at radius 1 is 1.14 bits per heavy atom. The minimum atomic E-state index is -0.356. The van der Waals surface area contributed by atoms with E-state index in [0.29, 0.717) is 17.0 Å². The maximum Gasteiger partial charge on any atom is 0.338 e. The number of carbonyl (C=O) groups is 1. The zero-order valence-electron chi connectivity index (χ0n) is 16.6. The van der Waals surface area contributed by atoms with Gasteiger partial charge >= 0.3 is 5.97 Å². The molecule has 142 valence electrons. The van der Waals surface area contributed by atoms with Crippen LogP contribution in [0.1, 0.15) is 40.4 Å². The summed E-state index contributed by atoms with van der Waals surface area (Å²) in [5.74, 6) is 0.332. The van der Waals surface area contributed by atoms with Gasteiger partial charge in [0.05, 0.1) is 18.2 Å². The van der Waals surface area contributed by atoms with E-state index in [9.17, 15) is 4.79 Å². The SMILES string of the molecule is CCCc1ccc(C)c2nc(-c3oc4ccccc4c3C)cc(C(=O)OC)c12. The van der Waals surface area contributed by atoms with E-state index in [-0.39, 0.29) is 5.97 Å². The topological polar surface area (TPSA) is 52.3 Å². The Labute approximate surface area is 164 Å². The Kier molecular flexibility index (Phi) is 4.63. The molecule has 0 spiro atoms. The van der Waals surface area contributed by atoms with Gasteiger partial charge in [0.15, 0.2) is 5.76 Å². The second-order valence-electron chi connectivity index (χ2n) is 7.11. The highest BCUT2D eigenvalue weighted by atomic mass is 16.5. The average molecular weight is 373 g/mol. The number of ether oxygens (including phenoxy) is 1. The Balaban J connectivity index is 2.06. The van der Waals surface area contributed by atoms with Crippen LogP contribution < -0.4 is 0 Å². The summed E-state index contributed by atoms with van der Waals surface area (Å²) in [6.45, 7) is 6.16. The van der Waals surface area contributed by atoms with E-state index in [0.717, 1.165) is 51.4 Å². The van der Waals surface area contributed by atoms with Gasteiger partial charge in [-0.05, 0) is 43.5 Å². The number of aryl methyl sites for hydroxylation is 3. The first-order valence-electron chi connectivity index (χ1n) is 9.55. The molecule has 4 aromatic rings. The van der Waals surface area contributed by atoms with Gasteiger partial charge < -0.3 is 9.15 Å². The summed E-state index contributed by atoms with van der Waals surface area (Å²) >= 11 is 0. The molecule has 0 fully saturated rings. The van der Waals surface area contributed by atoms with E-state index in [2.05, 4.69) is 19.1 Å². The van der Waals surface area contributed by atoms with Crippen LogP contribution in [-0.4, -0.2) is 18.1 Å². The van der Waals surface area contributed by atoms with E-state index in [4.69, 9.17) is 14.1 Å². The molecule has 2 aromatic heterocycles. The number of methoxy groups -OCH3 is 1. The van der Waals surface area contributed by atoms with Crippen molar-refractivity contribution in [3.8, 4) is 11.5 Å². The number of fused-ring (bicyclic) bond motifs is 2. The lowest BCUT2D eigenvalue weighted by Crippen LogP contribution is -2.06. The fraction of sp³-hybridized carbons (Fsp3) is 0.250. The third-order valence-corrected chi connectivity index (χ3v) is 5.25. The van der Waals surface area contributed by atoms with Crippen molar-refractivity contribution in [3.05, 3.63) is 64.7 Å². The van der Waals surface area contributed by atoms with Gasteiger partial charge in [-0.3, -0.25) is 0 Å². The lowest BCUT2D eigenvalue weighted by molar-refractivity contribution is 0.0603. The smallest absolute Gasteiger partial charge is 0.338 e. The molecule has 28 heavy (non-hydrogen) atoms. The van der Waals surface area contributed by atoms with Crippen LogP contribution in [0.2, 0.25) is 0 Å². The van der Waals surface area contributed by atoms with Crippen LogP contribution in [0.4, 0.5) is 0 Å². The van der Waals surface area contributed by atoms with Gasteiger partial charge in [0.2, 0.25) is 0 Å². The van der Waals surface area contributed by atoms with Gasteiger partial charge in [-0.15, -0.1) is 0 Å². The normalized spacial score (nSPS) is 11.3. The minimum Gasteiger partial charge on any atom is -0.465 e. The number of hydrogen-bond acceptors (Lipinski definition) is 4. The van der Waals surface area contributed by atoms with Crippen LogP contribution in [0.5, 0.6) is 0 Å². The molecule has 2 heterocycles. The maximum atomic E-state index is 12.7. The third kappa shape index (κ3) is 2.85. The van der Waals surface area contributed by atoms with Crippen molar-refractivity contribution in [1.82, 2.24) is 4.98 Å². The molecule has 0 amide bonds. The Bertz CT molecular complexity index is 1200. The molecule has 0 atom stereocenters. The fourth-order valence-electron chi connectivity index (χ4n) is 3.83. The predicted octanol–water partition coefficient (Wildman–Crippen LogP) is 6.00. The molecule has 0 aliphatic rings. The molecule has 0 aliphatic heterocycles. The Hall–Kier alpha value is -3.14. The molecule has 4 heteroatoms. The summed E-state index contributed by atoms with van der Waals surface area (Å²) in [5.41, 5.74) is 5.98. The minimum absolute atomic E-state index is 0.356. The molecule has 0 N–H and O–H groups in total. The summed E-state index contributed by atoms with van der Waals surface area (Å²) < 4.78 is 11.2. The Morgan fingerprint density at radius 3 is 2.64 bits per heavy atom. The zero-order chi connectivity index (χ0) is 19.8. The van der Waals surface area contributed by atoms with E-state index in [1.54, 1.807) is 6.07 Å². The first-order valence-corrected chi connectivity index (χ1v) is 9.55. The molecule has 0 saturated heterocycles. The molecule has 4 nitrogen and oxygen atoms in total. The zero-order valence-corrected chi connectivity index (χ0v) is 16.6. The quantitative estimate of drug-likeness (QED) is 0.411. The van der Waals surface area contributed by atoms with E-state index in [1.807, 2.05) is 38.1 Å². The highest BCUT2D eigenvalue weighted by Crippen LogP contribution is 2.35. The largest absolute Gasteiger partial charge is 0.465 e. The van der Waals surface area contributed by atoms with Crippen LogP contribution in [-0.2, 0) is 11.2 Å². The average Bonchev–Trinajstić information content (AvgIpc) is 3.06. The number of benzene rings is 2. The lowest BCUT2D eigenvalue weighted by atomic mass is 9.96. The first kappa shape index (κ1) is 18.2. The monoisotopic (exact) mass is 373 g/mol. The summed E-state index contributed by atoms with van der Waals surface area (Å²) in [6.07, 6.45) is 1.87. The van der Waals surface area contributed by atoms with Gasteiger partial charge in [0.1, 0.15) is 11.3 Å². The van der Waals surface area contributed by atoms with Gasteiger partial charge in [-0.1, -0.05) is 43.7 Å². The molecule has 0 radical (unpaired) electrons. The Morgan fingerprint density at radius 2 is 1.93 bits per heavy atom. The van der Waals surface area contributed by atoms with Gasteiger partial charge in [0.25, 0.3) is 0 Å². The highest BCUT2D eigenvalue weighted by molar-refractivity contribution is 6.07. The third-order valence-electron chi connectivity index (χ3n) is 5.25. The highest BCUT2D eigenvalue weighted by Gasteiger charge is 2.21. The van der Waals surface area contributed by atoms with Crippen LogP contribution in [0.3, 0.4) is 0 Å². The molecule has 2 aromatic carbocycles. The van der Waals surface area contributed by atoms with E-state index in [1.165, 1.54) is 7.11 Å². The molecule has 0 aliphatic carbocycles. The van der Waals surface area contributed by atoms with Crippen molar-refractivity contribution < 1.29 is 13.9 Å². The fourth-order valence-corrected chi connectivity index (χ4v) is 3.83. The van der Waals surface area contributed by atoms with Gasteiger partial charge in [-0.25, -0.2) is 9.78 Å². The number of nitrogens with zero attached hydrogens (tertiary/aromatic N) is 1. The number of para-hydroxylation sites is 1. The molecule has 0 unspecified atom stereocenters. The van der Waals surface area contributed by atoms with E-state index < -0.39 is 0 Å². The second-order valence-corrected chi connectivity index (χ2v) is 7.11. The molecule has 0 bridgehead atoms. The summed E-state index contributed by atoms with van der Waals surface area (Å²) in [7, 11) is 1.41. The standard InChI is InChI=1S/C24H23NO3/c1-5-8-16-12-11-14(2)22-21(16)18(24(26)27-4)13-19(25-22)23-15(3)17-9-6-7-10-20(17)28-23/h6-7,9-13H,5,8H2,1-4H3. The predicted molar refractivity (Wildman–Crippen MR) is 112 cm³/mol. The van der Waals surface area contributed by atoms with Gasteiger partial charge in [-0.2, -0.15) is 0 Å². The number of furan rings is 1. The second kappa shape index (κ2) is 7.12. The molecular formula is C24H23NO3. The molecular weight excluding hydrogens is 350 g/mol. The van der Waals surface area contributed by atoms with Crippen molar-refractivity contribution in [2.75, 3.05) is 7.11 Å². The number of pyridine rings is 1. The van der Waals surface area contributed by atoms with Crippen molar-refractivity contribution in [1.29, 1.82) is 0 Å². The first-order chi connectivity index (χ1) is 13.5. The van der Waals surface area contributed by atoms with Crippen LogP contribution in [0, 0.1) is 13.8 Å². The van der Waals surface area contributed by atoms with Crippen molar-refractivity contribution in [2.45, 2.75) is 33.6 Å². The molecule has 0 saturated carbocycles.